The molecule has 1 aliphatic heterocycles. The van der Waals surface area contributed by atoms with Gasteiger partial charge in [-0.05, 0) is 81.1 Å². The molecular formula is C21H24BN3O. The van der Waals surface area contributed by atoms with Gasteiger partial charge in [0.1, 0.15) is 5.75 Å². The zero-order valence-corrected chi connectivity index (χ0v) is 15.5. The third-order valence-corrected chi connectivity index (χ3v) is 4.53. The van der Waals surface area contributed by atoms with Gasteiger partial charge in [-0.25, -0.2) is 4.99 Å². The van der Waals surface area contributed by atoms with Gasteiger partial charge in [-0.1, -0.05) is 11.6 Å². The molecule has 1 aliphatic rings. The number of allylic oxidation sites excluding steroid dienone is 3. The standard InChI is InChI=1S/C21H24BN3O/c1-14-5-8-20(26)16(12-14)6-7-17-13-15(2)21(24-17)18(9-10-23)19-4-3-11-25(19)22/h3-8,11-13,26H,9-10,22-23H2,1-2H3/b7-6+,21-18-. The number of hydrogen-bond acceptors (Lipinski definition) is 3. The molecule has 0 saturated carbocycles. The number of phenolic OH excluding ortho intramolecular Hbond substituents is 1. The van der Waals surface area contributed by atoms with Crippen LogP contribution >= 0.6 is 0 Å². The second-order valence-electron chi connectivity index (χ2n) is 6.63. The van der Waals surface area contributed by atoms with Crippen LogP contribution in [0.5, 0.6) is 5.75 Å². The van der Waals surface area contributed by atoms with E-state index in [0.717, 1.165) is 45.8 Å². The molecule has 0 aliphatic carbocycles. The highest BCUT2D eigenvalue weighted by Crippen LogP contribution is 2.31. The molecule has 1 aromatic heterocycles. The predicted octanol–water partition coefficient (Wildman–Crippen LogP) is 3.07. The largest absolute Gasteiger partial charge is 0.507 e. The smallest absolute Gasteiger partial charge is 0.223 e. The van der Waals surface area contributed by atoms with Crippen molar-refractivity contribution in [1.82, 2.24) is 4.48 Å². The average molecular weight is 345 g/mol. The number of rotatable bonds is 5. The zero-order valence-electron chi connectivity index (χ0n) is 15.5. The summed E-state index contributed by atoms with van der Waals surface area (Å²) in [6, 6.07) is 9.69. The van der Waals surface area contributed by atoms with Crippen molar-refractivity contribution in [2.45, 2.75) is 20.3 Å². The lowest BCUT2D eigenvalue weighted by Gasteiger charge is -2.11. The van der Waals surface area contributed by atoms with Crippen LogP contribution in [0.4, 0.5) is 0 Å². The van der Waals surface area contributed by atoms with E-state index < -0.39 is 0 Å². The summed E-state index contributed by atoms with van der Waals surface area (Å²) in [5, 5.41) is 9.99. The molecule has 2 aromatic rings. The van der Waals surface area contributed by atoms with Gasteiger partial charge < -0.3 is 15.3 Å². The fourth-order valence-electron chi connectivity index (χ4n) is 3.20. The number of aromatic hydroxyl groups is 1. The first-order valence-electron chi connectivity index (χ1n) is 8.79. The number of hydrogen-bond donors (Lipinski definition) is 2. The molecule has 3 rings (SSSR count). The number of aryl methyl sites for hydroxylation is 1. The van der Waals surface area contributed by atoms with Gasteiger partial charge in [0.25, 0.3) is 0 Å². The van der Waals surface area contributed by atoms with Crippen LogP contribution in [0.25, 0.3) is 11.6 Å². The van der Waals surface area contributed by atoms with Gasteiger partial charge in [-0.2, -0.15) is 0 Å². The fraction of sp³-hybridized carbons (Fsp3) is 0.190. The molecule has 2 heterocycles. The van der Waals surface area contributed by atoms with Gasteiger partial charge in [0.2, 0.25) is 7.98 Å². The van der Waals surface area contributed by atoms with E-state index in [1.54, 1.807) is 6.07 Å². The lowest BCUT2D eigenvalue weighted by atomic mass is 10.0. The number of benzene rings is 1. The third kappa shape index (κ3) is 3.73. The van der Waals surface area contributed by atoms with Crippen molar-refractivity contribution in [3.63, 3.8) is 0 Å². The summed E-state index contributed by atoms with van der Waals surface area (Å²) in [6.45, 7) is 4.66. The normalized spacial score (nSPS) is 16.1. The molecule has 0 amide bonds. The average Bonchev–Trinajstić information content (AvgIpc) is 3.19. The summed E-state index contributed by atoms with van der Waals surface area (Å²) >= 11 is 0. The van der Waals surface area contributed by atoms with Crippen LogP contribution in [0.1, 0.15) is 30.2 Å². The van der Waals surface area contributed by atoms with Crippen molar-refractivity contribution in [2.75, 3.05) is 6.54 Å². The Bertz CT molecular complexity index is 948. The van der Waals surface area contributed by atoms with Crippen LogP contribution in [-0.4, -0.2) is 29.8 Å². The SMILES string of the molecule is Bn1cccc1/C(CCN)=C1N=C(/C=C/c2cc(C)ccc2O)C=C\1C. The fourth-order valence-corrected chi connectivity index (χ4v) is 3.20. The van der Waals surface area contributed by atoms with E-state index in [1.807, 2.05) is 51.5 Å². The summed E-state index contributed by atoms with van der Waals surface area (Å²) in [4.78, 5) is 4.82. The van der Waals surface area contributed by atoms with Gasteiger partial charge in [-0.3, -0.25) is 0 Å². The van der Waals surface area contributed by atoms with E-state index in [9.17, 15) is 5.11 Å². The Kier molecular flexibility index (Phi) is 5.28. The summed E-state index contributed by atoms with van der Waals surface area (Å²) in [5.74, 6) is 0.273. The van der Waals surface area contributed by atoms with Crippen molar-refractivity contribution in [1.29, 1.82) is 0 Å². The van der Waals surface area contributed by atoms with E-state index in [0.29, 0.717) is 6.54 Å². The van der Waals surface area contributed by atoms with Gasteiger partial charge in [0, 0.05) is 16.8 Å². The van der Waals surface area contributed by atoms with Crippen molar-refractivity contribution in [2.24, 2.45) is 10.7 Å². The molecule has 1 aromatic carbocycles. The number of nitrogens with two attached hydrogens (primary N) is 1. The summed E-state index contributed by atoms with van der Waals surface area (Å²) in [5.41, 5.74) is 13.0. The van der Waals surface area contributed by atoms with Crippen LogP contribution in [0, 0.1) is 6.92 Å². The first-order valence-corrected chi connectivity index (χ1v) is 8.79. The molecule has 0 fully saturated rings. The molecule has 0 bridgehead atoms. The first kappa shape index (κ1) is 18.0. The lowest BCUT2D eigenvalue weighted by Crippen LogP contribution is -2.05. The summed E-state index contributed by atoms with van der Waals surface area (Å²) in [6.07, 6.45) is 8.72. The number of phenols is 1. The van der Waals surface area contributed by atoms with Gasteiger partial charge in [0.05, 0.1) is 11.4 Å². The maximum absolute atomic E-state index is 9.99. The Balaban J connectivity index is 1.97. The van der Waals surface area contributed by atoms with Crippen molar-refractivity contribution in [3.8, 4) is 5.75 Å². The zero-order chi connectivity index (χ0) is 18.7. The van der Waals surface area contributed by atoms with Crippen LogP contribution in [0.3, 0.4) is 0 Å². The molecule has 3 N–H and O–H groups in total. The van der Waals surface area contributed by atoms with E-state index >= 15 is 0 Å². The molecule has 26 heavy (non-hydrogen) atoms. The molecule has 132 valence electrons. The lowest BCUT2D eigenvalue weighted by molar-refractivity contribution is 0.474. The van der Waals surface area contributed by atoms with E-state index in [1.165, 1.54) is 0 Å². The molecule has 4 nitrogen and oxygen atoms in total. The van der Waals surface area contributed by atoms with Crippen molar-refractivity contribution < 1.29 is 5.11 Å². The van der Waals surface area contributed by atoms with E-state index in [-0.39, 0.29) is 5.75 Å². The molecule has 5 heteroatoms. The minimum absolute atomic E-state index is 0.273. The summed E-state index contributed by atoms with van der Waals surface area (Å²) < 4.78 is 2.10. The van der Waals surface area contributed by atoms with Crippen LogP contribution in [0.2, 0.25) is 0 Å². The monoisotopic (exact) mass is 345 g/mol. The second-order valence-corrected chi connectivity index (χ2v) is 6.63. The van der Waals surface area contributed by atoms with E-state index in [4.69, 9.17) is 10.7 Å². The molecule has 0 spiro atoms. The number of aliphatic imine (C=N–C) groups is 1. The Labute approximate surface area is 155 Å². The van der Waals surface area contributed by atoms with Crippen LogP contribution in [0.15, 0.2) is 64.9 Å². The summed E-state index contributed by atoms with van der Waals surface area (Å²) in [7, 11) is 2.03. The molecule has 0 atom stereocenters. The maximum Gasteiger partial charge on any atom is 0.223 e. The highest BCUT2D eigenvalue weighted by Gasteiger charge is 2.17. The van der Waals surface area contributed by atoms with E-state index in [2.05, 4.69) is 23.5 Å². The minimum Gasteiger partial charge on any atom is -0.507 e. The predicted molar refractivity (Wildman–Crippen MR) is 112 cm³/mol. The van der Waals surface area contributed by atoms with Crippen LogP contribution < -0.4 is 5.73 Å². The number of aromatic nitrogens is 1. The Hall–Kier alpha value is -2.79. The Morgan fingerprint density at radius 1 is 1.27 bits per heavy atom. The van der Waals surface area contributed by atoms with Gasteiger partial charge in [-0.15, -0.1) is 0 Å². The highest BCUT2D eigenvalue weighted by atomic mass is 16.3. The molecule has 0 saturated heterocycles. The topological polar surface area (TPSA) is 63.5 Å². The number of nitrogens with zero attached hydrogens (tertiary/aromatic N) is 2. The Morgan fingerprint density at radius 2 is 2.08 bits per heavy atom. The molecule has 0 unspecified atom stereocenters. The maximum atomic E-state index is 9.99. The van der Waals surface area contributed by atoms with Gasteiger partial charge >= 0.3 is 0 Å². The minimum atomic E-state index is 0.273. The van der Waals surface area contributed by atoms with Gasteiger partial charge in [0.15, 0.2) is 0 Å². The highest BCUT2D eigenvalue weighted by molar-refractivity contribution is 6.11. The first-order chi connectivity index (χ1) is 12.5. The molecule has 0 radical (unpaired) electrons. The van der Waals surface area contributed by atoms with Crippen molar-refractivity contribution in [3.05, 3.63) is 76.8 Å². The van der Waals surface area contributed by atoms with Crippen molar-refractivity contribution >= 4 is 25.3 Å². The molecular weight excluding hydrogens is 321 g/mol. The van der Waals surface area contributed by atoms with Crippen LogP contribution in [-0.2, 0) is 0 Å². The Morgan fingerprint density at radius 3 is 2.77 bits per heavy atom. The second kappa shape index (κ2) is 7.62. The third-order valence-electron chi connectivity index (χ3n) is 4.53. The quantitative estimate of drug-likeness (QED) is 0.818.